The summed E-state index contributed by atoms with van der Waals surface area (Å²) in [7, 11) is 0. The molecule has 0 N–H and O–H groups in total. The maximum absolute atomic E-state index is 5.72. The average molecular weight is 228 g/mol. The molecule has 0 aliphatic heterocycles. The highest BCUT2D eigenvalue weighted by atomic mass is 35.5. The lowest BCUT2D eigenvalue weighted by Crippen LogP contribution is -2.19. The van der Waals surface area contributed by atoms with Crippen molar-refractivity contribution in [2.24, 2.45) is 5.92 Å². The number of hydrogen-bond acceptors (Lipinski definition) is 2. The van der Waals surface area contributed by atoms with Crippen molar-refractivity contribution in [1.82, 2.24) is 15.0 Å². The molecule has 0 saturated heterocycles. The SMILES string of the molecule is CCC1CCCC(n2cc(CCl)nn2)C1. The van der Waals surface area contributed by atoms with Gasteiger partial charge in [0, 0.05) is 6.20 Å². The fraction of sp³-hybridized carbons (Fsp3) is 0.818. The number of rotatable bonds is 3. The molecular formula is C11H18ClN3. The van der Waals surface area contributed by atoms with Crippen LogP contribution in [0, 0.1) is 5.92 Å². The minimum Gasteiger partial charge on any atom is -0.249 e. The van der Waals surface area contributed by atoms with E-state index in [1.807, 2.05) is 10.9 Å². The lowest BCUT2D eigenvalue weighted by molar-refractivity contribution is 0.245. The molecule has 1 aromatic rings. The third-order valence-corrected chi connectivity index (χ3v) is 3.68. The summed E-state index contributed by atoms with van der Waals surface area (Å²) in [6.45, 7) is 2.28. The maximum Gasteiger partial charge on any atom is 0.0974 e. The van der Waals surface area contributed by atoms with Crippen LogP contribution < -0.4 is 0 Å². The molecule has 2 atom stereocenters. The normalized spacial score (nSPS) is 26.8. The van der Waals surface area contributed by atoms with Crippen molar-refractivity contribution < 1.29 is 0 Å². The smallest absolute Gasteiger partial charge is 0.0974 e. The number of alkyl halides is 1. The molecule has 15 heavy (non-hydrogen) atoms. The lowest BCUT2D eigenvalue weighted by Gasteiger charge is -2.28. The molecule has 1 aromatic heterocycles. The van der Waals surface area contributed by atoms with Crippen LogP contribution in [-0.2, 0) is 5.88 Å². The first-order valence-corrected chi connectivity index (χ1v) is 6.33. The van der Waals surface area contributed by atoms with Crippen molar-refractivity contribution >= 4 is 11.6 Å². The van der Waals surface area contributed by atoms with Gasteiger partial charge in [0.25, 0.3) is 0 Å². The second-order valence-corrected chi connectivity index (χ2v) is 4.69. The van der Waals surface area contributed by atoms with E-state index in [2.05, 4.69) is 17.2 Å². The lowest BCUT2D eigenvalue weighted by atomic mass is 9.84. The molecule has 0 spiro atoms. The molecule has 0 amide bonds. The summed E-state index contributed by atoms with van der Waals surface area (Å²) in [6.07, 6.45) is 8.47. The number of nitrogens with zero attached hydrogens (tertiary/aromatic N) is 3. The molecule has 1 heterocycles. The Kier molecular flexibility index (Phi) is 3.62. The van der Waals surface area contributed by atoms with Crippen molar-refractivity contribution in [3.63, 3.8) is 0 Å². The summed E-state index contributed by atoms with van der Waals surface area (Å²) >= 11 is 5.72. The third kappa shape index (κ3) is 2.51. The van der Waals surface area contributed by atoms with Crippen molar-refractivity contribution in [3.05, 3.63) is 11.9 Å². The predicted molar refractivity (Wildman–Crippen MR) is 60.9 cm³/mol. The zero-order chi connectivity index (χ0) is 10.7. The molecule has 2 rings (SSSR count). The van der Waals surface area contributed by atoms with Crippen LogP contribution in [0.3, 0.4) is 0 Å². The minimum atomic E-state index is 0.462. The van der Waals surface area contributed by atoms with E-state index in [4.69, 9.17) is 11.6 Å². The Labute approximate surface area is 95.8 Å². The van der Waals surface area contributed by atoms with Gasteiger partial charge in [-0.2, -0.15) is 0 Å². The van der Waals surface area contributed by atoms with E-state index >= 15 is 0 Å². The summed E-state index contributed by atoms with van der Waals surface area (Å²) in [5.74, 6) is 1.33. The van der Waals surface area contributed by atoms with Gasteiger partial charge in [0.2, 0.25) is 0 Å². The van der Waals surface area contributed by atoms with E-state index in [0.717, 1.165) is 11.6 Å². The van der Waals surface area contributed by atoms with E-state index in [1.165, 1.54) is 32.1 Å². The van der Waals surface area contributed by atoms with E-state index in [0.29, 0.717) is 11.9 Å². The second-order valence-electron chi connectivity index (χ2n) is 4.42. The number of hydrogen-bond donors (Lipinski definition) is 0. The van der Waals surface area contributed by atoms with Crippen LogP contribution in [0.1, 0.15) is 50.8 Å². The van der Waals surface area contributed by atoms with Crippen molar-refractivity contribution in [2.45, 2.75) is 50.9 Å². The first kappa shape index (κ1) is 10.9. The summed E-state index contributed by atoms with van der Waals surface area (Å²) < 4.78 is 2.01. The van der Waals surface area contributed by atoms with Gasteiger partial charge >= 0.3 is 0 Å². The summed E-state index contributed by atoms with van der Waals surface area (Å²) in [5, 5.41) is 8.20. The van der Waals surface area contributed by atoms with E-state index in [9.17, 15) is 0 Å². The topological polar surface area (TPSA) is 30.7 Å². The van der Waals surface area contributed by atoms with Crippen molar-refractivity contribution in [1.29, 1.82) is 0 Å². The van der Waals surface area contributed by atoms with Gasteiger partial charge in [-0.3, -0.25) is 0 Å². The molecular weight excluding hydrogens is 210 g/mol. The Morgan fingerprint density at radius 1 is 1.53 bits per heavy atom. The Balaban J connectivity index is 2.03. The molecule has 1 fully saturated rings. The molecule has 0 bridgehead atoms. The molecule has 84 valence electrons. The fourth-order valence-electron chi connectivity index (χ4n) is 2.43. The molecule has 1 saturated carbocycles. The van der Waals surface area contributed by atoms with Gasteiger partial charge in [0.05, 0.1) is 17.6 Å². The summed E-state index contributed by atoms with van der Waals surface area (Å²) in [6, 6.07) is 0.549. The van der Waals surface area contributed by atoms with Crippen LogP contribution in [-0.4, -0.2) is 15.0 Å². The standard InChI is InChI=1S/C11H18ClN3/c1-2-9-4-3-5-11(6-9)15-8-10(7-12)13-14-15/h8-9,11H,2-7H2,1H3. The Bertz CT molecular complexity index is 311. The van der Waals surface area contributed by atoms with Gasteiger partial charge in [-0.25, -0.2) is 4.68 Å². The van der Waals surface area contributed by atoms with Gasteiger partial charge < -0.3 is 0 Å². The first-order chi connectivity index (χ1) is 7.33. The monoisotopic (exact) mass is 227 g/mol. The zero-order valence-electron chi connectivity index (χ0n) is 9.19. The molecule has 0 aromatic carbocycles. The van der Waals surface area contributed by atoms with Crippen LogP contribution in [0.5, 0.6) is 0 Å². The van der Waals surface area contributed by atoms with Crippen LogP contribution in [0.25, 0.3) is 0 Å². The number of aromatic nitrogens is 3. The molecule has 3 nitrogen and oxygen atoms in total. The van der Waals surface area contributed by atoms with Crippen LogP contribution in [0.2, 0.25) is 0 Å². The van der Waals surface area contributed by atoms with Gasteiger partial charge in [-0.15, -0.1) is 16.7 Å². The van der Waals surface area contributed by atoms with Crippen LogP contribution >= 0.6 is 11.6 Å². The minimum absolute atomic E-state index is 0.462. The summed E-state index contributed by atoms with van der Waals surface area (Å²) in [4.78, 5) is 0. The molecule has 1 aliphatic carbocycles. The maximum atomic E-state index is 5.72. The molecule has 1 aliphatic rings. The van der Waals surface area contributed by atoms with Crippen LogP contribution in [0.4, 0.5) is 0 Å². The van der Waals surface area contributed by atoms with E-state index in [1.54, 1.807) is 0 Å². The van der Waals surface area contributed by atoms with Gasteiger partial charge in [-0.1, -0.05) is 31.4 Å². The Hall–Kier alpha value is -0.570. The highest BCUT2D eigenvalue weighted by Gasteiger charge is 2.22. The van der Waals surface area contributed by atoms with E-state index < -0.39 is 0 Å². The quantitative estimate of drug-likeness (QED) is 0.743. The first-order valence-electron chi connectivity index (χ1n) is 5.80. The second kappa shape index (κ2) is 4.97. The molecule has 4 heteroatoms. The number of halogens is 1. The summed E-state index contributed by atoms with van der Waals surface area (Å²) in [5.41, 5.74) is 0.885. The van der Waals surface area contributed by atoms with Crippen LogP contribution in [0.15, 0.2) is 6.20 Å². The fourth-order valence-corrected chi connectivity index (χ4v) is 2.55. The largest absolute Gasteiger partial charge is 0.249 e. The Morgan fingerprint density at radius 3 is 3.07 bits per heavy atom. The average Bonchev–Trinajstić information content (AvgIpc) is 2.78. The van der Waals surface area contributed by atoms with Crippen molar-refractivity contribution in [2.75, 3.05) is 0 Å². The third-order valence-electron chi connectivity index (χ3n) is 3.40. The Morgan fingerprint density at radius 2 is 2.40 bits per heavy atom. The highest BCUT2D eigenvalue weighted by molar-refractivity contribution is 6.16. The van der Waals surface area contributed by atoms with Gasteiger partial charge in [0.1, 0.15) is 0 Å². The van der Waals surface area contributed by atoms with Crippen molar-refractivity contribution in [3.8, 4) is 0 Å². The molecule has 2 unspecified atom stereocenters. The molecule has 0 radical (unpaired) electrons. The zero-order valence-corrected chi connectivity index (χ0v) is 9.95. The predicted octanol–water partition coefficient (Wildman–Crippen LogP) is 3.16. The van der Waals surface area contributed by atoms with E-state index in [-0.39, 0.29) is 0 Å². The highest BCUT2D eigenvalue weighted by Crippen LogP contribution is 2.33. The van der Waals surface area contributed by atoms with Gasteiger partial charge in [-0.05, 0) is 18.8 Å². The van der Waals surface area contributed by atoms with Gasteiger partial charge in [0.15, 0.2) is 0 Å².